The molecular formula is C26H34N4O4. The van der Waals surface area contributed by atoms with Gasteiger partial charge in [-0.1, -0.05) is 12.1 Å². The lowest BCUT2D eigenvalue weighted by Crippen LogP contribution is -2.42. The van der Waals surface area contributed by atoms with Crippen molar-refractivity contribution in [2.75, 3.05) is 32.8 Å². The van der Waals surface area contributed by atoms with Crippen molar-refractivity contribution in [2.45, 2.75) is 52.1 Å². The Labute approximate surface area is 201 Å². The predicted molar refractivity (Wildman–Crippen MR) is 129 cm³/mol. The van der Waals surface area contributed by atoms with Gasteiger partial charge in [-0.2, -0.15) is 0 Å². The second-order valence-corrected chi connectivity index (χ2v) is 10.1. The summed E-state index contributed by atoms with van der Waals surface area (Å²) in [5, 5.41) is 0. The Kier molecular flexibility index (Phi) is 7.34. The average Bonchev–Trinajstić information content (AvgIpc) is 3.37. The zero-order valence-electron chi connectivity index (χ0n) is 20.3. The van der Waals surface area contributed by atoms with E-state index < -0.39 is 5.60 Å². The molecular weight excluding hydrogens is 432 g/mol. The highest BCUT2D eigenvalue weighted by atomic mass is 16.6. The van der Waals surface area contributed by atoms with Crippen molar-refractivity contribution >= 4 is 12.0 Å². The Morgan fingerprint density at radius 3 is 2.12 bits per heavy atom. The van der Waals surface area contributed by atoms with E-state index in [1.165, 1.54) is 0 Å². The zero-order chi connectivity index (χ0) is 24.1. The fraction of sp³-hybridized carbons (Fsp3) is 0.538. The molecule has 0 aliphatic carbocycles. The number of carbonyl (C=O) groups excluding carboxylic acids is 2. The van der Waals surface area contributed by atoms with E-state index in [9.17, 15) is 9.59 Å². The minimum absolute atomic E-state index is 0.0981. The Hall–Kier alpha value is -3.16. The predicted octanol–water partition coefficient (Wildman–Crippen LogP) is 4.41. The molecule has 8 nitrogen and oxygen atoms in total. The Bertz CT molecular complexity index is 971. The van der Waals surface area contributed by atoms with E-state index in [-0.39, 0.29) is 12.0 Å². The number of aromatic nitrogens is 2. The van der Waals surface area contributed by atoms with Crippen LogP contribution in [0.1, 0.15) is 56.8 Å². The van der Waals surface area contributed by atoms with E-state index in [0.29, 0.717) is 37.2 Å². The molecule has 1 aromatic carbocycles. The van der Waals surface area contributed by atoms with Gasteiger partial charge in [-0.3, -0.25) is 4.79 Å². The Balaban J connectivity index is 1.24. The van der Waals surface area contributed by atoms with Gasteiger partial charge in [0.1, 0.15) is 5.60 Å². The third kappa shape index (κ3) is 6.24. The molecule has 3 heterocycles. The van der Waals surface area contributed by atoms with Gasteiger partial charge in [0.15, 0.2) is 0 Å². The number of piperidine rings is 1. The molecule has 2 aromatic rings. The molecule has 0 N–H and O–H groups in total. The van der Waals surface area contributed by atoms with Crippen LogP contribution in [-0.2, 0) is 4.74 Å². The second-order valence-electron chi connectivity index (χ2n) is 10.1. The summed E-state index contributed by atoms with van der Waals surface area (Å²) in [6.07, 6.45) is 7.12. The first kappa shape index (κ1) is 24.0. The highest BCUT2D eigenvalue weighted by Crippen LogP contribution is 2.23. The summed E-state index contributed by atoms with van der Waals surface area (Å²) in [4.78, 5) is 37.1. The summed E-state index contributed by atoms with van der Waals surface area (Å²) in [5.41, 5.74) is 2.06. The molecule has 34 heavy (non-hydrogen) atoms. The number of likely N-dealkylation sites (tertiary alicyclic amines) is 2. The zero-order valence-corrected chi connectivity index (χ0v) is 20.3. The molecule has 0 atom stereocenters. The molecule has 2 fully saturated rings. The topological polar surface area (TPSA) is 84.9 Å². The molecule has 2 saturated heterocycles. The second kappa shape index (κ2) is 10.4. The SMILES string of the molecule is CC(C)(C)OC(=O)N1CCC(COc2ncc(-c3ccc(C(=O)N4CCCC4)cc3)cn2)CC1. The quantitative estimate of drug-likeness (QED) is 0.649. The van der Waals surface area contributed by atoms with Crippen LogP contribution >= 0.6 is 0 Å². The lowest BCUT2D eigenvalue weighted by molar-refractivity contribution is 0.0163. The fourth-order valence-electron chi connectivity index (χ4n) is 4.25. The van der Waals surface area contributed by atoms with Crippen LogP contribution in [-0.4, -0.2) is 70.2 Å². The highest BCUT2D eigenvalue weighted by molar-refractivity contribution is 5.94. The standard InChI is InChI=1S/C26H34N4O4/c1-26(2,3)34-25(32)30-14-10-19(11-15-30)18-33-24-27-16-22(17-28-24)20-6-8-21(9-7-20)23(31)29-12-4-5-13-29/h6-9,16-17,19H,4-5,10-15,18H2,1-3H3. The van der Waals surface area contributed by atoms with Gasteiger partial charge in [0.05, 0.1) is 6.61 Å². The maximum Gasteiger partial charge on any atom is 0.410 e. The van der Waals surface area contributed by atoms with Crippen LogP contribution in [0.4, 0.5) is 4.79 Å². The van der Waals surface area contributed by atoms with Crippen LogP contribution in [0.3, 0.4) is 0 Å². The largest absolute Gasteiger partial charge is 0.463 e. The number of amides is 2. The summed E-state index contributed by atoms with van der Waals surface area (Å²) >= 11 is 0. The van der Waals surface area contributed by atoms with Gasteiger partial charge in [-0.05, 0) is 70.1 Å². The van der Waals surface area contributed by atoms with Crippen LogP contribution in [0.15, 0.2) is 36.7 Å². The van der Waals surface area contributed by atoms with Gasteiger partial charge >= 0.3 is 12.1 Å². The van der Waals surface area contributed by atoms with E-state index in [0.717, 1.165) is 49.9 Å². The van der Waals surface area contributed by atoms with E-state index in [4.69, 9.17) is 9.47 Å². The van der Waals surface area contributed by atoms with Crippen LogP contribution < -0.4 is 4.74 Å². The van der Waals surface area contributed by atoms with Crippen molar-refractivity contribution < 1.29 is 19.1 Å². The molecule has 1 aromatic heterocycles. The van der Waals surface area contributed by atoms with Crippen molar-refractivity contribution in [3.8, 4) is 17.1 Å². The molecule has 8 heteroatoms. The third-order valence-corrected chi connectivity index (χ3v) is 6.20. The minimum atomic E-state index is -0.479. The summed E-state index contributed by atoms with van der Waals surface area (Å²) in [6.45, 7) is 9.18. The molecule has 0 bridgehead atoms. The number of nitrogens with zero attached hydrogens (tertiary/aromatic N) is 4. The molecule has 2 amide bonds. The van der Waals surface area contributed by atoms with Crippen molar-refractivity contribution in [3.05, 3.63) is 42.2 Å². The first-order chi connectivity index (χ1) is 16.3. The molecule has 2 aliphatic rings. The number of carbonyl (C=O) groups is 2. The van der Waals surface area contributed by atoms with Gasteiger partial charge < -0.3 is 19.3 Å². The summed E-state index contributed by atoms with van der Waals surface area (Å²) in [5.74, 6) is 0.448. The van der Waals surface area contributed by atoms with Crippen molar-refractivity contribution in [1.82, 2.24) is 19.8 Å². The minimum Gasteiger partial charge on any atom is -0.463 e. The molecule has 0 spiro atoms. The van der Waals surface area contributed by atoms with Crippen LogP contribution in [0, 0.1) is 5.92 Å². The maximum absolute atomic E-state index is 12.5. The summed E-state index contributed by atoms with van der Waals surface area (Å²) in [6, 6.07) is 7.94. The van der Waals surface area contributed by atoms with E-state index in [1.54, 1.807) is 17.3 Å². The Morgan fingerprint density at radius 2 is 1.53 bits per heavy atom. The first-order valence-corrected chi connectivity index (χ1v) is 12.1. The van der Waals surface area contributed by atoms with Crippen molar-refractivity contribution in [2.24, 2.45) is 5.92 Å². The molecule has 0 saturated carbocycles. The van der Waals surface area contributed by atoms with Crippen molar-refractivity contribution in [3.63, 3.8) is 0 Å². The number of ether oxygens (including phenoxy) is 2. The van der Waals surface area contributed by atoms with E-state index >= 15 is 0 Å². The molecule has 0 unspecified atom stereocenters. The van der Waals surface area contributed by atoms with Gasteiger partial charge in [-0.25, -0.2) is 14.8 Å². The van der Waals surface area contributed by atoms with Crippen LogP contribution in [0.25, 0.3) is 11.1 Å². The van der Waals surface area contributed by atoms with Gasteiger partial charge in [0.25, 0.3) is 5.91 Å². The average molecular weight is 467 g/mol. The number of rotatable bonds is 5. The van der Waals surface area contributed by atoms with Crippen molar-refractivity contribution in [1.29, 1.82) is 0 Å². The van der Waals surface area contributed by atoms with Crippen LogP contribution in [0.5, 0.6) is 6.01 Å². The fourth-order valence-corrected chi connectivity index (χ4v) is 4.25. The van der Waals surface area contributed by atoms with Gasteiger partial charge in [0.2, 0.25) is 0 Å². The lowest BCUT2D eigenvalue weighted by atomic mass is 9.98. The Morgan fingerprint density at radius 1 is 0.912 bits per heavy atom. The summed E-state index contributed by atoms with van der Waals surface area (Å²) in [7, 11) is 0. The maximum atomic E-state index is 12.5. The number of hydrogen-bond donors (Lipinski definition) is 0. The van der Waals surface area contributed by atoms with Gasteiger partial charge in [0, 0.05) is 49.7 Å². The number of benzene rings is 1. The number of hydrogen-bond acceptors (Lipinski definition) is 6. The monoisotopic (exact) mass is 466 g/mol. The summed E-state index contributed by atoms with van der Waals surface area (Å²) < 4.78 is 11.3. The molecule has 182 valence electrons. The molecule has 2 aliphatic heterocycles. The lowest BCUT2D eigenvalue weighted by Gasteiger charge is -2.33. The highest BCUT2D eigenvalue weighted by Gasteiger charge is 2.27. The first-order valence-electron chi connectivity index (χ1n) is 12.1. The normalized spacial score (nSPS) is 17.0. The smallest absolute Gasteiger partial charge is 0.410 e. The van der Waals surface area contributed by atoms with Crippen LogP contribution in [0.2, 0.25) is 0 Å². The van der Waals surface area contributed by atoms with E-state index in [1.807, 2.05) is 49.9 Å². The third-order valence-electron chi connectivity index (χ3n) is 6.20. The molecule has 0 radical (unpaired) electrons. The molecule has 4 rings (SSSR count). The van der Waals surface area contributed by atoms with E-state index in [2.05, 4.69) is 9.97 Å². The van der Waals surface area contributed by atoms with Gasteiger partial charge in [-0.15, -0.1) is 0 Å².